The van der Waals surface area contributed by atoms with Crippen molar-refractivity contribution in [2.45, 2.75) is 5.92 Å². The van der Waals surface area contributed by atoms with Crippen LogP contribution in [0.3, 0.4) is 0 Å². The van der Waals surface area contributed by atoms with E-state index in [9.17, 15) is 4.79 Å². The first-order valence-electron chi connectivity index (χ1n) is 4.89. The third-order valence-corrected chi connectivity index (χ3v) is 3.15. The summed E-state index contributed by atoms with van der Waals surface area (Å²) >= 11 is 6.10. The number of likely N-dealkylation sites (N-methyl/N-ethyl adjacent to an activating group) is 1. The molecule has 1 aliphatic heterocycles. The van der Waals surface area contributed by atoms with Gasteiger partial charge in [-0.25, -0.2) is 0 Å². The fraction of sp³-hybridized carbons (Fsp3) is 0.364. The van der Waals surface area contributed by atoms with Crippen LogP contribution >= 0.6 is 11.6 Å². The van der Waals surface area contributed by atoms with Crippen LogP contribution < -0.4 is 5.73 Å². The molecule has 0 saturated heterocycles. The predicted molar refractivity (Wildman–Crippen MR) is 60.2 cm³/mol. The van der Waals surface area contributed by atoms with E-state index in [1.165, 1.54) is 0 Å². The lowest BCUT2D eigenvalue weighted by Crippen LogP contribution is -2.39. The minimum atomic E-state index is 0.0252. The van der Waals surface area contributed by atoms with Crippen LogP contribution in [-0.4, -0.2) is 30.9 Å². The molecule has 1 atom stereocenters. The van der Waals surface area contributed by atoms with E-state index in [1.807, 2.05) is 12.1 Å². The van der Waals surface area contributed by atoms with E-state index in [4.69, 9.17) is 17.3 Å². The van der Waals surface area contributed by atoms with Gasteiger partial charge in [0.15, 0.2) is 0 Å². The Labute approximate surface area is 93.8 Å². The Bertz CT molecular complexity index is 406. The SMILES string of the molecule is CN1CC(CN)c2c(Cl)cccc2C1=O. The van der Waals surface area contributed by atoms with Crippen LogP contribution in [0.5, 0.6) is 0 Å². The quantitative estimate of drug-likeness (QED) is 0.785. The second-order valence-corrected chi connectivity index (χ2v) is 4.23. The monoisotopic (exact) mass is 224 g/mol. The average Bonchev–Trinajstić information content (AvgIpc) is 2.23. The van der Waals surface area contributed by atoms with Gasteiger partial charge in [-0.15, -0.1) is 0 Å². The maximum Gasteiger partial charge on any atom is 0.253 e. The molecule has 4 heteroatoms. The molecular formula is C11H13ClN2O. The summed E-state index contributed by atoms with van der Waals surface area (Å²) in [6, 6.07) is 5.41. The van der Waals surface area contributed by atoms with Gasteiger partial charge in [0.05, 0.1) is 0 Å². The smallest absolute Gasteiger partial charge is 0.253 e. The summed E-state index contributed by atoms with van der Waals surface area (Å²) in [4.78, 5) is 13.5. The molecule has 3 nitrogen and oxygen atoms in total. The number of benzene rings is 1. The topological polar surface area (TPSA) is 46.3 Å². The highest BCUT2D eigenvalue weighted by Crippen LogP contribution is 2.32. The molecule has 2 N–H and O–H groups in total. The number of nitrogens with two attached hydrogens (primary N) is 1. The molecule has 2 rings (SSSR count). The van der Waals surface area contributed by atoms with Crippen molar-refractivity contribution < 1.29 is 4.79 Å². The number of hydrogen-bond acceptors (Lipinski definition) is 2. The summed E-state index contributed by atoms with van der Waals surface area (Å²) in [6.07, 6.45) is 0. The lowest BCUT2D eigenvalue weighted by atomic mass is 9.89. The zero-order valence-electron chi connectivity index (χ0n) is 8.53. The Morgan fingerprint density at radius 2 is 2.33 bits per heavy atom. The minimum Gasteiger partial charge on any atom is -0.341 e. The molecule has 0 aliphatic carbocycles. The largest absolute Gasteiger partial charge is 0.341 e. The fourth-order valence-electron chi connectivity index (χ4n) is 2.04. The van der Waals surface area contributed by atoms with Gasteiger partial charge in [-0.3, -0.25) is 4.79 Å². The van der Waals surface area contributed by atoms with Crippen molar-refractivity contribution in [3.63, 3.8) is 0 Å². The van der Waals surface area contributed by atoms with Crippen LogP contribution in [0.15, 0.2) is 18.2 Å². The van der Waals surface area contributed by atoms with Crippen LogP contribution in [0.25, 0.3) is 0 Å². The molecule has 1 aromatic rings. The van der Waals surface area contributed by atoms with Gasteiger partial charge >= 0.3 is 0 Å². The number of halogens is 1. The Morgan fingerprint density at radius 3 is 3.00 bits per heavy atom. The molecule has 0 radical (unpaired) electrons. The van der Waals surface area contributed by atoms with E-state index in [0.29, 0.717) is 23.7 Å². The number of carbonyl (C=O) groups excluding carboxylic acids is 1. The van der Waals surface area contributed by atoms with Crippen molar-refractivity contribution in [2.24, 2.45) is 5.73 Å². The molecule has 1 aliphatic rings. The van der Waals surface area contributed by atoms with Gasteiger partial charge in [-0.2, -0.15) is 0 Å². The molecule has 1 heterocycles. The number of carbonyl (C=O) groups is 1. The maximum absolute atomic E-state index is 11.9. The summed E-state index contributed by atoms with van der Waals surface area (Å²) in [5.41, 5.74) is 7.29. The lowest BCUT2D eigenvalue weighted by Gasteiger charge is -2.31. The van der Waals surface area contributed by atoms with Crippen molar-refractivity contribution in [1.29, 1.82) is 0 Å². The summed E-state index contributed by atoms with van der Waals surface area (Å²) in [7, 11) is 1.79. The van der Waals surface area contributed by atoms with E-state index < -0.39 is 0 Å². The maximum atomic E-state index is 11.9. The summed E-state index contributed by atoms with van der Waals surface area (Å²) in [6.45, 7) is 1.15. The Morgan fingerprint density at radius 1 is 1.60 bits per heavy atom. The van der Waals surface area contributed by atoms with Gasteiger partial charge in [0.2, 0.25) is 0 Å². The molecular weight excluding hydrogens is 212 g/mol. The Balaban J connectivity index is 2.58. The zero-order valence-corrected chi connectivity index (χ0v) is 9.29. The standard InChI is InChI=1S/C11H13ClN2O/c1-14-6-7(5-13)10-8(11(14)15)3-2-4-9(10)12/h2-4,7H,5-6,13H2,1H3. The van der Waals surface area contributed by atoms with Crippen LogP contribution in [0.1, 0.15) is 21.8 Å². The van der Waals surface area contributed by atoms with Crippen LogP contribution in [-0.2, 0) is 0 Å². The molecule has 80 valence electrons. The van der Waals surface area contributed by atoms with Crippen molar-refractivity contribution >= 4 is 17.5 Å². The van der Waals surface area contributed by atoms with Crippen molar-refractivity contribution in [3.05, 3.63) is 34.3 Å². The molecule has 1 amide bonds. The number of hydrogen-bond donors (Lipinski definition) is 1. The molecule has 0 bridgehead atoms. The van der Waals surface area contributed by atoms with E-state index in [2.05, 4.69) is 0 Å². The van der Waals surface area contributed by atoms with Crippen molar-refractivity contribution in [3.8, 4) is 0 Å². The second-order valence-electron chi connectivity index (χ2n) is 3.82. The molecule has 0 spiro atoms. The van der Waals surface area contributed by atoms with Crippen molar-refractivity contribution in [2.75, 3.05) is 20.1 Å². The Hall–Kier alpha value is -1.06. The molecule has 15 heavy (non-hydrogen) atoms. The highest BCUT2D eigenvalue weighted by atomic mass is 35.5. The van der Waals surface area contributed by atoms with E-state index >= 15 is 0 Å². The van der Waals surface area contributed by atoms with Gasteiger partial charge in [-0.05, 0) is 17.7 Å². The molecule has 0 aromatic heterocycles. The number of rotatable bonds is 1. The van der Waals surface area contributed by atoms with Gasteiger partial charge < -0.3 is 10.6 Å². The first-order valence-corrected chi connectivity index (χ1v) is 5.27. The Kier molecular flexibility index (Phi) is 2.67. The normalized spacial score (nSPS) is 20.3. The third kappa shape index (κ3) is 1.62. The number of amides is 1. The summed E-state index contributed by atoms with van der Waals surface area (Å²) < 4.78 is 0. The minimum absolute atomic E-state index is 0.0252. The van der Waals surface area contributed by atoms with Crippen LogP contribution in [0, 0.1) is 0 Å². The average molecular weight is 225 g/mol. The number of fused-ring (bicyclic) bond motifs is 1. The van der Waals surface area contributed by atoms with Crippen LogP contribution in [0.2, 0.25) is 5.02 Å². The summed E-state index contributed by atoms with van der Waals surface area (Å²) in [5.74, 6) is 0.175. The number of nitrogens with zero attached hydrogens (tertiary/aromatic N) is 1. The van der Waals surface area contributed by atoms with Gasteiger partial charge in [0, 0.05) is 36.6 Å². The molecule has 1 aromatic carbocycles. The molecule has 0 fully saturated rings. The third-order valence-electron chi connectivity index (χ3n) is 2.82. The highest BCUT2D eigenvalue weighted by Gasteiger charge is 2.29. The highest BCUT2D eigenvalue weighted by molar-refractivity contribution is 6.32. The molecule has 0 saturated carbocycles. The van der Waals surface area contributed by atoms with E-state index in [1.54, 1.807) is 18.0 Å². The summed E-state index contributed by atoms with van der Waals surface area (Å²) in [5, 5.41) is 0.643. The molecule has 1 unspecified atom stereocenters. The second kappa shape index (κ2) is 3.83. The fourth-order valence-corrected chi connectivity index (χ4v) is 2.37. The first kappa shape index (κ1) is 10.5. The van der Waals surface area contributed by atoms with Crippen LogP contribution in [0.4, 0.5) is 0 Å². The van der Waals surface area contributed by atoms with E-state index in [0.717, 1.165) is 5.56 Å². The van der Waals surface area contributed by atoms with Crippen molar-refractivity contribution in [1.82, 2.24) is 4.90 Å². The first-order chi connectivity index (χ1) is 7.15. The predicted octanol–water partition coefficient (Wildman–Crippen LogP) is 1.47. The van der Waals surface area contributed by atoms with Gasteiger partial charge in [0.1, 0.15) is 0 Å². The van der Waals surface area contributed by atoms with Gasteiger partial charge in [-0.1, -0.05) is 17.7 Å². The zero-order chi connectivity index (χ0) is 11.0. The lowest BCUT2D eigenvalue weighted by molar-refractivity contribution is 0.0766. The van der Waals surface area contributed by atoms with Gasteiger partial charge in [0.25, 0.3) is 5.91 Å². The van der Waals surface area contributed by atoms with E-state index in [-0.39, 0.29) is 11.8 Å².